The molecule has 2 heterocycles. The fourth-order valence-corrected chi connectivity index (χ4v) is 4.25. The van der Waals surface area contributed by atoms with Crippen molar-refractivity contribution < 1.29 is 14.6 Å². The Morgan fingerprint density at radius 1 is 1.32 bits per heavy atom. The van der Waals surface area contributed by atoms with Crippen LogP contribution in [0.15, 0.2) is 36.1 Å². The molecule has 2 aliphatic rings. The normalized spacial score (nSPS) is 21.0. The van der Waals surface area contributed by atoms with Crippen molar-refractivity contribution in [1.29, 1.82) is 0 Å². The van der Waals surface area contributed by atoms with E-state index in [-0.39, 0.29) is 17.3 Å². The largest absolute Gasteiger partial charge is 0.507 e. The molecule has 1 fully saturated rings. The molecule has 0 radical (unpaired) electrons. The quantitative estimate of drug-likeness (QED) is 0.710. The van der Waals surface area contributed by atoms with Gasteiger partial charge < -0.3 is 9.84 Å². The summed E-state index contributed by atoms with van der Waals surface area (Å²) in [6, 6.07) is 9.45. The lowest BCUT2D eigenvalue weighted by Crippen LogP contribution is -2.36. The van der Waals surface area contributed by atoms with E-state index in [0.717, 1.165) is 30.5 Å². The smallest absolute Gasteiger partial charge is 0.232 e. The highest BCUT2D eigenvalue weighted by Crippen LogP contribution is 2.43. The number of benzene rings is 2. The summed E-state index contributed by atoms with van der Waals surface area (Å²) in [5, 5.41) is 11.2. The van der Waals surface area contributed by atoms with E-state index in [1.165, 1.54) is 6.42 Å². The molecule has 0 aliphatic carbocycles. The zero-order valence-electron chi connectivity index (χ0n) is 16.2. The van der Waals surface area contributed by atoms with E-state index in [2.05, 4.69) is 11.8 Å². The Labute approximate surface area is 170 Å². The van der Waals surface area contributed by atoms with E-state index in [1.54, 1.807) is 18.2 Å². The lowest BCUT2D eigenvalue weighted by Gasteiger charge is -2.33. The summed E-state index contributed by atoms with van der Waals surface area (Å²) in [6.45, 7) is 5.59. The first-order chi connectivity index (χ1) is 13.5. The van der Waals surface area contributed by atoms with E-state index in [1.807, 2.05) is 25.1 Å². The van der Waals surface area contributed by atoms with Gasteiger partial charge in [-0.25, -0.2) is 0 Å². The van der Waals surface area contributed by atoms with Gasteiger partial charge in [-0.3, -0.25) is 9.69 Å². The summed E-state index contributed by atoms with van der Waals surface area (Å²) in [5.41, 5.74) is 2.67. The standard InChI is InChI=1S/C23H24ClNO3/c1-14-11-19(26)17(13-25-10-6-5-7-15(25)2)23-21(14)22(27)20(28-23)12-16-8-3-4-9-18(16)24/h3-4,8-9,11-12,15,26H,5-7,10,13H2,1-2H3/b20-12-. The second-order valence-corrected chi connectivity index (χ2v) is 8.08. The van der Waals surface area contributed by atoms with E-state index in [0.29, 0.717) is 34.5 Å². The molecule has 2 aromatic carbocycles. The van der Waals surface area contributed by atoms with Gasteiger partial charge in [0, 0.05) is 17.6 Å². The molecule has 0 spiro atoms. The second-order valence-electron chi connectivity index (χ2n) is 7.67. The van der Waals surface area contributed by atoms with Crippen LogP contribution in [-0.2, 0) is 6.54 Å². The van der Waals surface area contributed by atoms with Gasteiger partial charge in [0.2, 0.25) is 5.78 Å². The molecular weight excluding hydrogens is 374 g/mol. The molecule has 1 saturated heterocycles. The van der Waals surface area contributed by atoms with Gasteiger partial charge in [-0.1, -0.05) is 36.2 Å². The van der Waals surface area contributed by atoms with Gasteiger partial charge in [0.05, 0.1) is 11.1 Å². The number of phenols is 1. The molecule has 1 atom stereocenters. The number of carbonyl (C=O) groups excluding carboxylic acids is 1. The molecular formula is C23H24ClNO3. The van der Waals surface area contributed by atoms with E-state index < -0.39 is 0 Å². The molecule has 5 heteroatoms. The molecule has 2 aliphatic heterocycles. The Morgan fingerprint density at radius 2 is 2.11 bits per heavy atom. The van der Waals surface area contributed by atoms with Crippen molar-refractivity contribution in [2.75, 3.05) is 6.54 Å². The van der Waals surface area contributed by atoms with E-state index in [9.17, 15) is 9.90 Å². The Morgan fingerprint density at radius 3 is 2.86 bits per heavy atom. The third-order valence-corrected chi connectivity index (χ3v) is 6.06. The minimum Gasteiger partial charge on any atom is -0.507 e. The van der Waals surface area contributed by atoms with Gasteiger partial charge in [0.1, 0.15) is 11.5 Å². The minimum atomic E-state index is -0.166. The zero-order valence-corrected chi connectivity index (χ0v) is 16.9. The third-order valence-electron chi connectivity index (χ3n) is 5.71. The van der Waals surface area contributed by atoms with Crippen molar-refractivity contribution in [3.8, 4) is 11.5 Å². The summed E-state index contributed by atoms with van der Waals surface area (Å²) < 4.78 is 6.01. The molecule has 0 bridgehead atoms. The summed E-state index contributed by atoms with van der Waals surface area (Å²) in [7, 11) is 0. The third kappa shape index (κ3) is 3.43. The fraction of sp³-hybridized carbons (Fsp3) is 0.348. The number of likely N-dealkylation sites (tertiary alicyclic amines) is 1. The number of aromatic hydroxyl groups is 1. The molecule has 0 amide bonds. The summed E-state index contributed by atoms with van der Waals surface area (Å²) in [4.78, 5) is 15.4. The van der Waals surface area contributed by atoms with Crippen LogP contribution in [0.25, 0.3) is 6.08 Å². The van der Waals surface area contributed by atoms with Crippen LogP contribution in [0, 0.1) is 6.92 Å². The SMILES string of the molecule is Cc1cc(O)c(CN2CCCCC2C)c2c1C(=O)/C(=C/c1ccccc1Cl)O2. The molecule has 0 saturated carbocycles. The van der Waals surface area contributed by atoms with E-state index >= 15 is 0 Å². The fourth-order valence-electron chi connectivity index (χ4n) is 4.06. The molecule has 146 valence electrons. The first-order valence-electron chi connectivity index (χ1n) is 9.74. The van der Waals surface area contributed by atoms with Crippen LogP contribution in [-0.4, -0.2) is 28.4 Å². The Bertz CT molecular complexity index is 967. The van der Waals surface area contributed by atoms with Gasteiger partial charge in [-0.2, -0.15) is 0 Å². The molecule has 1 unspecified atom stereocenters. The van der Waals surface area contributed by atoms with Crippen molar-refractivity contribution >= 4 is 23.5 Å². The van der Waals surface area contributed by atoms with Crippen LogP contribution in [0.2, 0.25) is 5.02 Å². The number of fused-ring (bicyclic) bond motifs is 1. The number of hydrogen-bond donors (Lipinski definition) is 1. The average molecular weight is 398 g/mol. The van der Waals surface area contributed by atoms with Crippen molar-refractivity contribution in [2.45, 2.75) is 45.7 Å². The molecule has 4 rings (SSSR count). The Hall–Kier alpha value is -2.30. The van der Waals surface area contributed by atoms with Crippen LogP contribution in [0.1, 0.15) is 53.2 Å². The number of ether oxygens (including phenoxy) is 1. The predicted molar refractivity (Wildman–Crippen MR) is 111 cm³/mol. The van der Waals surface area contributed by atoms with Crippen molar-refractivity contribution in [3.63, 3.8) is 0 Å². The number of aryl methyl sites for hydroxylation is 1. The average Bonchev–Trinajstić information content (AvgIpc) is 2.99. The first kappa shape index (κ1) is 19.0. The van der Waals surface area contributed by atoms with Gasteiger partial charge in [0.25, 0.3) is 0 Å². The second kappa shape index (κ2) is 7.61. The highest BCUT2D eigenvalue weighted by atomic mass is 35.5. The molecule has 2 aromatic rings. The van der Waals surface area contributed by atoms with Crippen LogP contribution in [0.4, 0.5) is 0 Å². The predicted octanol–water partition coefficient (Wildman–Crippen LogP) is 5.34. The van der Waals surface area contributed by atoms with Crippen LogP contribution in [0.5, 0.6) is 11.5 Å². The number of nitrogens with zero attached hydrogens (tertiary/aromatic N) is 1. The van der Waals surface area contributed by atoms with Gasteiger partial charge in [-0.05, 0) is 62.6 Å². The topological polar surface area (TPSA) is 49.8 Å². The number of piperidine rings is 1. The number of phenolic OH excluding ortho intramolecular Hbond substituents is 1. The van der Waals surface area contributed by atoms with Crippen LogP contribution in [0.3, 0.4) is 0 Å². The maximum Gasteiger partial charge on any atom is 0.232 e. The first-order valence-corrected chi connectivity index (χ1v) is 10.1. The van der Waals surface area contributed by atoms with Crippen LogP contribution >= 0.6 is 11.6 Å². The minimum absolute atomic E-state index is 0.166. The van der Waals surface area contributed by atoms with Crippen LogP contribution < -0.4 is 4.74 Å². The molecule has 0 aromatic heterocycles. The van der Waals surface area contributed by atoms with Gasteiger partial charge in [0.15, 0.2) is 5.76 Å². The zero-order chi connectivity index (χ0) is 19.8. The lowest BCUT2D eigenvalue weighted by molar-refractivity contribution is 0.101. The number of ketones is 1. The lowest BCUT2D eigenvalue weighted by atomic mass is 9.97. The summed E-state index contributed by atoms with van der Waals surface area (Å²) in [5.74, 6) is 0.740. The Balaban J connectivity index is 1.73. The van der Waals surface area contributed by atoms with Crippen molar-refractivity contribution in [2.24, 2.45) is 0 Å². The maximum atomic E-state index is 13.0. The monoisotopic (exact) mass is 397 g/mol. The number of halogens is 1. The molecule has 28 heavy (non-hydrogen) atoms. The highest BCUT2D eigenvalue weighted by Gasteiger charge is 2.34. The number of rotatable bonds is 3. The molecule has 4 nitrogen and oxygen atoms in total. The van der Waals surface area contributed by atoms with Crippen molar-refractivity contribution in [1.82, 2.24) is 4.90 Å². The number of carbonyl (C=O) groups is 1. The Kier molecular flexibility index (Phi) is 5.17. The maximum absolute atomic E-state index is 13.0. The summed E-state index contributed by atoms with van der Waals surface area (Å²) in [6.07, 6.45) is 5.20. The number of Topliss-reactive ketones (excluding diaryl/α,β-unsaturated/α-hetero) is 1. The summed E-state index contributed by atoms with van der Waals surface area (Å²) >= 11 is 6.24. The van der Waals surface area contributed by atoms with Crippen molar-refractivity contribution in [3.05, 3.63) is 63.4 Å². The molecule has 1 N–H and O–H groups in total. The van der Waals surface area contributed by atoms with Gasteiger partial charge in [-0.15, -0.1) is 0 Å². The highest BCUT2D eigenvalue weighted by molar-refractivity contribution is 6.32. The van der Waals surface area contributed by atoms with E-state index in [4.69, 9.17) is 16.3 Å². The van der Waals surface area contributed by atoms with Gasteiger partial charge >= 0.3 is 0 Å². The number of hydrogen-bond acceptors (Lipinski definition) is 4. The number of allylic oxidation sites excluding steroid dienone is 1.